The second kappa shape index (κ2) is 7.07. The molecule has 0 aliphatic carbocycles. The molecule has 4 heterocycles. The number of aromatic nitrogens is 4. The fourth-order valence-corrected chi connectivity index (χ4v) is 4.29. The Morgan fingerprint density at radius 2 is 1.90 bits per heavy atom. The highest BCUT2D eigenvalue weighted by molar-refractivity contribution is 6.01. The lowest BCUT2D eigenvalue weighted by Gasteiger charge is -2.22. The maximum atomic E-state index is 14.8. The summed E-state index contributed by atoms with van der Waals surface area (Å²) in [5, 5.41) is 15.1. The fourth-order valence-electron chi connectivity index (χ4n) is 4.29. The van der Waals surface area contributed by atoms with Crippen LogP contribution in [0.15, 0.2) is 30.7 Å². The van der Waals surface area contributed by atoms with E-state index >= 15 is 0 Å². The molecule has 0 bridgehead atoms. The third-order valence-corrected chi connectivity index (χ3v) is 5.81. The largest absolute Gasteiger partial charge is 0.317 e. The maximum Gasteiger partial charge on any atom is 0.251 e. The normalized spacial score (nSPS) is 20.9. The molecule has 8 nitrogen and oxygen atoms in total. The Hall–Kier alpha value is -3.07. The lowest BCUT2D eigenvalue weighted by Crippen LogP contribution is -2.42. The number of carbonyl (C=O) groups excluding carboxylic acids is 2. The molecule has 0 saturated carbocycles. The quantitative estimate of drug-likeness (QED) is 0.660. The molecule has 2 aliphatic rings. The maximum absolute atomic E-state index is 14.8. The van der Waals surface area contributed by atoms with Gasteiger partial charge in [-0.15, -0.1) is 0 Å². The highest BCUT2D eigenvalue weighted by Gasteiger charge is 2.30. The Morgan fingerprint density at radius 1 is 1.07 bits per heavy atom. The van der Waals surface area contributed by atoms with Crippen molar-refractivity contribution in [3.8, 4) is 11.1 Å². The van der Waals surface area contributed by atoms with Gasteiger partial charge >= 0.3 is 0 Å². The van der Waals surface area contributed by atoms with Gasteiger partial charge in [-0.3, -0.25) is 24.3 Å². The topological polar surface area (TPSA) is 93.8 Å². The highest BCUT2D eigenvalue weighted by Crippen LogP contribution is 2.34. The van der Waals surface area contributed by atoms with E-state index in [2.05, 4.69) is 20.8 Å². The van der Waals surface area contributed by atoms with Gasteiger partial charge in [-0.05, 0) is 44.5 Å². The Balaban J connectivity index is 1.54. The van der Waals surface area contributed by atoms with E-state index in [0.29, 0.717) is 34.5 Å². The predicted molar refractivity (Wildman–Crippen MR) is 103 cm³/mol. The number of halogens is 1. The van der Waals surface area contributed by atoms with Crippen LogP contribution in [0, 0.1) is 5.82 Å². The number of rotatable bonds is 3. The SMILES string of the molecule is O=C1CCC(n2ncc3c(-c4cnn(C5CCNCC5)c4)c(F)ccc32)C(=O)N1. The van der Waals surface area contributed by atoms with Gasteiger partial charge in [-0.1, -0.05) is 0 Å². The summed E-state index contributed by atoms with van der Waals surface area (Å²) in [7, 11) is 0. The highest BCUT2D eigenvalue weighted by atomic mass is 19.1. The molecule has 150 valence electrons. The lowest BCUT2D eigenvalue weighted by atomic mass is 10.0. The number of hydrogen-bond donors (Lipinski definition) is 2. The van der Waals surface area contributed by atoms with Crippen molar-refractivity contribution in [1.29, 1.82) is 0 Å². The molecule has 5 rings (SSSR count). The van der Waals surface area contributed by atoms with Crippen LogP contribution in [-0.2, 0) is 9.59 Å². The van der Waals surface area contributed by atoms with Crippen LogP contribution in [0.5, 0.6) is 0 Å². The molecule has 0 radical (unpaired) electrons. The van der Waals surface area contributed by atoms with Crippen molar-refractivity contribution in [1.82, 2.24) is 30.2 Å². The fraction of sp³-hybridized carbons (Fsp3) is 0.400. The average Bonchev–Trinajstić information content (AvgIpc) is 3.36. The standard InChI is InChI=1S/C20H21FN6O2/c21-15-1-2-16-14(10-24-27(16)17-3-4-18(28)25-20(17)29)19(15)12-9-23-26(11-12)13-5-7-22-8-6-13/h1-2,9-11,13,17,22H,3-8H2,(H,25,28,29). The number of carbonyl (C=O) groups is 2. The van der Waals surface area contributed by atoms with Gasteiger partial charge in [0, 0.05) is 29.1 Å². The van der Waals surface area contributed by atoms with E-state index in [1.165, 1.54) is 6.07 Å². The second-order valence-electron chi connectivity index (χ2n) is 7.60. The number of piperidine rings is 2. The Labute approximate surface area is 166 Å². The molecule has 0 spiro atoms. The number of amides is 2. The summed E-state index contributed by atoms with van der Waals surface area (Å²) in [6.45, 7) is 1.89. The van der Waals surface area contributed by atoms with Crippen LogP contribution in [0.4, 0.5) is 4.39 Å². The number of imide groups is 1. The van der Waals surface area contributed by atoms with Crippen LogP contribution in [0.25, 0.3) is 22.0 Å². The molecular formula is C20H21FN6O2. The first-order chi connectivity index (χ1) is 14.1. The summed E-state index contributed by atoms with van der Waals surface area (Å²) in [6.07, 6.45) is 7.76. The zero-order valence-electron chi connectivity index (χ0n) is 15.8. The monoisotopic (exact) mass is 396 g/mol. The molecule has 2 aromatic heterocycles. The van der Waals surface area contributed by atoms with Crippen molar-refractivity contribution in [2.75, 3.05) is 13.1 Å². The van der Waals surface area contributed by atoms with E-state index < -0.39 is 6.04 Å². The summed E-state index contributed by atoms with van der Waals surface area (Å²) >= 11 is 0. The minimum atomic E-state index is -0.582. The molecular weight excluding hydrogens is 375 g/mol. The summed E-state index contributed by atoms with van der Waals surface area (Å²) in [5.41, 5.74) is 1.78. The van der Waals surface area contributed by atoms with Gasteiger partial charge < -0.3 is 5.32 Å². The van der Waals surface area contributed by atoms with Crippen LogP contribution in [0.3, 0.4) is 0 Å². The van der Waals surface area contributed by atoms with Crippen molar-refractivity contribution in [2.45, 2.75) is 37.8 Å². The number of benzene rings is 1. The lowest BCUT2D eigenvalue weighted by molar-refractivity contribution is -0.135. The van der Waals surface area contributed by atoms with Gasteiger partial charge in [0.05, 0.1) is 24.0 Å². The van der Waals surface area contributed by atoms with E-state index in [-0.39, 0.29) is 24.1 Å². The number of nitrogens with one attached hydrogen (secondary N) is 2. The molecule has 1 aromatic carbocycles. The molecule has 2 aliphatic heterocycles. The Morgan fingerprint density at radius 3 is 2.69 bits per heavy atom. The molecule has 1 atom stereocenters. The van der Waals surface area contributed by atoms with Gasteiger partial charge in [0.25, 0.3) is 5.91 Å². The molecule has 1 unspecified atom stereocenters. The minimum Gasteiger partial charge on any atom is -0.317 e. The first-order valence-electron chi connectivity index (χ1n) is 9.86. The number of fused-ring (bicyclic) bond motifs is 1. The van der Waals surface area contributed by atoms with Crippen molar-refractivity contribution in [3.05, 3.63) is 36.5 Å². The van der Waals surface area contributed by atoms with E-state index in [1.807, 2.05) is 10.9 Å². The number of nitrogens with zero attached hydrogens (tertiary/aromatic N) is 4. The van der Waals surface area contributed by atoms with Crippen LogP contribution >= 0.6 is 0 Å². The van der Waals surface area contributed by atoms with E-state index in [1.54, 1.807) is 23.1 Å². The summed E-state index contributed by atoms with van der Waals surface area (Å²) < 4.78 is 18.3. The molecule has 2 amide bonds. The van der Waals surface area contributed by atoms with Gasteiger partial charge in [-0.25, -0.2) is 4.39 Å². The third-order valence-electron chi connectivity index (χ3n) is 5.81. The van der Waals surface area contributed by atoms with E-state index in [9.17, 15) is 14.0 Å². The van der Waals surface area contributed by atoms with Crippen LogP contribution < -0.4 is 10.6 Å². The van der Waals surface area contributed by atoms with Crippen LogP contribution in [0.2, 0.25) is 0 Å². The van der Waals surface area contributed by atoms with Crippen LogP contribution in [0.1, 0.15) is 37.8 Å². The van der Waals surface area contributed by atoms with Gasteiger partial charge in [0.15, 0.2) is 0 Å². The smallest absolute Gasteiger partial charge is 0.251 e. The summed E-state index contributed by atoms with van der Waals surface area (Å²) in [4.78, 5) is 23.7. The van der Waals surface area contributed by atoms with Gasteiger partial charge in [0.2, 0.25) is 5.91 Å². The van der Waals surface area contributed by atoms with Crippen LogP contribution in [-0.4, -0.2) is 44.5 Å². The first kappa shape index (κ1) is 18.0. The van der Waals surface area contributed by atoms with Crippen molar-refractivity contribution < 1.29 is 14.0 Å². The second-order valence-corrected chi connectivity index (χ2v) is 7.60. The summed E-state index contributed by atoms with van der Waals surface area (Å²) in [5.74, 6) is -1.01. The Bertz CT molecular complexity index is 1100. The summed E-state index contributed by atoms with van der Waals surface area (Å²) in [6, 6.07) is 2.74. The molecule has 29 heavy (non-hydrogen) atoms. The average molecular weight is 396 g/mol. The van der Waals surface area contributed by atoms with Crippen molar-refractivity contribution >= 4 is 22.7 Å². The molecule has 2 saturated heterocycles. The molecule has 2 N–H and O–H groups in total. The Kier molecular flexibility index (Phi) is 4.39. The third kappa shape index (κ3) is 3.11. The zero-order valence-corrected chi connectivity index (χ0v) is 15.8. The van der Waals surface area contributed by atoms with Crippen molar-refractivity contribution in [3.63, 3.8) is 0 Å². The zero-order chi connectivity index (χ0) is 20.0. The van der Waals surface area contributed by atoms with Crippen molar-refractivity contribution in [2.24, 2.45) is 0 Å². The molecule has 9 heteroatoms. The molecule has 2 fully saturated rings. The van der Waals surface area contributed by atoms with Gasteiger partial charge in [-0.2, -0.15) is 10.2 Å². The first-order valence-corrected chi connectivity index (χ1v) is 9.86. The van der Waals surface area contributed by atoms with Gasteiger partial charge in [0.1, 0.15) is 11.9 Å². The predicted octanol–water partition coefficient (Wildman–Crippen LogP) is 1.94. The minimum absolute atomic E-state index is 0.259. The molecule has 3 aromatic rings. The number of hydrogen-bond acceptors (Lipinski definition) is 5. The van der Waals surface area contributed by atoms with E-state index in [0.717, 1.165) is 25.9 Å². The van der Waals surface area contributed by atoms with E-state index in [4.69, 9.17) is 0 Å².